The number of likely N-dealkylation sites (tertiary alicyclic amines) is 1. The lowest BCUT2D eigenvalue weighted by Crippen LogP contribution is -2.55. The van der Waals surface area contributed by atoms with Crippen molar-refractivity contribution in [1.29, 1.82) is 0 Å². The highest BCUT2D eigenvalue weighted by Gasteiger charge is 2.51. The number of carbonyl (C=O) groups is 2. The van der Waals surface area contributed by atoms with Crippen LogP contribution in [0.25, 0.3) is 0 Å². The number of rotatable bonds is 0. The van der Waals surface area contributed by atoms with Crippen molar-refractivity contribution in [3.63, 3.8) is 0 Å². The zero-order chi connectivity index (χ0) is 14.4. The predicted octanol–water partition coefficient (Wildman–Crippen LogP) is 2.32. The van der Waals surface area contributed by atoms with Gasteiger partial charge in [0.1, 0.15) is 11.7 Å². The molecule has 0 N–H and O–H groups in total. The van der Waals surface area contributed by atoms with E-state index < -0.39 is 5.60 Å². The maximum atomic E-state index is 12.3. The number of alkyl halides is 1. The topological polar surface area (TPSA) is 55.8 Å². The number of ether oxygens (including phenoxy) is 2. The van der Waals surface area contributed by atoms with Crippen LogP contribution >= 0.6 is 15.9 Å². The number of carbonyl (C=O) groups excluding carboxylic acids is 2. The van der Waals surface area contributed by atoms with Gasteiger partial charge in [-0.3, -0.25) is 9.69 Å². The monoisotopic (exact) mass is 333 g/mol. The molecule has 2 aliphatic rings. The van der Waals surface area contributed by atoms with Crippen molar-refractivity contribution < 1.29 is 19.1 Å². The van der Waals surface area contributed by atoms with E-state index in [1.807, 2.05) is 27.7 Å². The average molecular weight is 334 g/mol. The average Bonchev–Trinajstić information content (AvgIpc) is 2.51. The summed E-state index contributed by atoms with van der Waals surface area (Å²) in [5.41, 5.74) is -0.543. The standard InChI is InChI=1S/C13H20BrNO4/c1-7-10-9(11(16)18-7)5-8(14)6-15(10)12(17)19-13(2,3)4/h7-10H,5-6H2,1-4H3. The number of halogens is 1. The second-order valence-corrected chi connectivity index (χ2v) is 7.50. The van der Waals surface area contributed by atoms with E-state index in [9.17, 15) is 9.59 Å². The van der Waals surface area contributed by atoms with E-state index >= 15 is 0 Å². The van der Waals surface area contributed by atoms with Gasteiger partial charge in [-0.1, -0.05) is 15.9 Å². The number of fused-ring (bicyclic) bond motifs is 1. The van der Waals surface area contributed by atoms with Crippen LogP contribution in [0, 0.1) is 5.92 Å². The maximum Gasteiger partial charge on any atom is 0.410 e. The van der Waals surface area contributed by atoms with E-state index in [1.165, 1.54) is 0 Å². The molecule has 0 aromatic carbocycles. The van der Waals surface area contributed by atoms with Crippen LogP contribution in [0.5, 0.6) is 0 Å². The molecule has 0 saturated carbocycles. The highest BCUT2D eigenvalue weighted by atomic mass is 79.9. The summed E-state index contributed by atoms with van der Waals surface area (Å²) in [6, 6.07) is -0.212. The first-order valence-electron chi connectivity index (χ1n) is 6.53. The molecule has 4 unspecified atom stereocenters. The molecule has 0 aromatic rings. The van der Waals surface area contributed by atoms with Gasteiger partial charge in [-0.25, -0.2) is 4.79 Å². The van der Waals surface area contributed by atoms with Crippen molar-refractivity contribution in [2.24, 2.45) is 5.92 Å². The van der Waals surface area contributed by atoms with E-state index in [0.717, 1.165) is 0 Å². The van der Waals surface area contributed by atoms with Gasteiger partial charge in [0.25, 0.3) is 0 Å². The van der Waals surface area contributed by atoms with Gasteiger partial charge < -0.3 is 9.47 Å². The lowest BCUT2D eigenvalue weighted by atomic mass is 9.89. The van der Waals surface area contributed by atoms with Crippen LogP contribution in [-0.4, -0.2) is 46.1 Å². The number of cyclic esters (lactones) is 1. The molecule has 2 saturated heterocycles. The summed E-state index contributed by atoms with van der Waals surface area (Å²) in [7, 11) is 0. The van der Waals surface area contributed by atoms with Crippen molar-refractivity contribution in [1.82, 2.24) is 4.90 Å². The fourth-order valence-corrected chi connectivity index (χ4v) is 3.43. The third-order valence-corrected chi connectivity index (χ3v) is 4.05. The van der Waals surface area contributed by atoms with Crippen LogP contribution < -0.4 is 0 Å². The summed E-state index contributed by atoms with van der Waals surface area (Å²) in [5.74, 6) is -0.462. The van der Waals surface area contributed by atoms with Crippen molar-refractivity contribution >= 4 is 28.0 Å². The molecule has 0 spiro atoms. The molecular formula is C13H20BrNO4. The molecule has 2 fully saturated rings. The van der Waals surface area contributed by atoms with E-state index in [2.05, 4.69) is 15.9 Å². The number of amides is 1. The second kappa shape index (κ2) is 4.96. The molecule has 108 valence electrons. The molecule has 0 aliphatic carbocycles. The molecule has 5 nitrogen and oxygen atoms in total. The summed E-state index contributed by atoms with van der Waals surface area (Å²) in [6.45, 7) is 7.86. The quantitative estimate of drug-likeness (QED) is 0.504. The molecule has 6 heteroatoms. The first-order chi connectivity index (χ1) is 8.69. The van der Waals surface area contributed by atoms with Crippen LogP contribution in [0.3, 0.4) is 0 Å². The van der Waals surface area contributed by atoms with Crippen molar-refractivity contribution in [3.8, 4) is 0 Å². The fourth-order valence-electron chi connectivity index (χ4n) is 2.72. The highest BCUT2D eigenvalue weighted by molar-refractivity contribution is 9.09. The van der Waals surface area contributed by atoms with Crippen LogP contribution in [0.15, 0.2) is 0 Å². The number of hydrogen-bond donors (Lipinski definition) is 0. The summed E-state index contributed by atoms with van der Waals surface area (Å²) < 4.78 is 10.7. The maximum absolute atomic E-state index is 12.3. The van der Waals surface area contributed by atoms with Gasteiger partial charge in [0.15, 0.2) is 0 Å². The Morgan fingerprint density at radius 1 is 1.47 bits per heavy atom. The Balaban J connectivity index is 2.18. The van der Waals surface area contributed by atoms with E-state index in [-0.39, 0.29) is 35.0 Å². The van der Waals surface area contributed by atoms with Crippen molar-refractivity contribution in [2.75, 3.05) is 6.54 Å². The largest absolute Gasteiger partial charge is 0.460 e. The van der Waals surface area contributed by atoms with Gasteiger partial charge in [0, 0.05) is 11.4 Å². The number of esters is 1. The highest BCUT2D eigenvalue weighted by Crippen LogP contribution is 2.37. The minimum Gasteiger partial charge on any atom is -0.460 e. The summed E-state index contributed by atoms with van der Waals surface area (Å²) >= 11 is 3.50. The smallest absolute Gasteiger partial charge is 0.410 e. The summed E-state index contributed by atoms with van der Waals surface area (Å²) in [6.07, 6.45) is 0.0504. The molecule has 1 amide bonds. The minimum atomic E-state index is -0.543. The molecule has 0 radical (unpaired) electrons. The molecule has 2 heterocycles. The van der Waals surface area contributed by atoms with Gasteiger partial charge in [0.2, 0.25) is 0 Å². The lowest BCUT2D eigenvalue weighted by molar-refractivity contribution is -0.143. The van der Waals surface area contributed by atoms with Crippen LogP contribution in [-0.2, 0) is 14.3 Å². The molecule has 19 heavy (non-hydrogen) atoms. The lowest BCUT2D eigenvalue weighted by Gasteiger charge is -2.39. The molecule has 0 aromatic heterocycles. The van der Waals surface area contributed by atoms with Crippen LogP contribution in [0.4, 0.5) is 4.79 Å². The normalized spacial score (nSPS) is 34.8. The molecule has 2 aliphatic heterocycles. The van der Waals surface area contributed by atoms with Crippen LogP contribution in [0.2, 0.25) is 0 Å². The van der Waals surface area contributed by atoms with Crippen LogP contribution in [0.1, 0.15) is 34.1 Å². The molecule has 0 bridgehead atoms. The van der Waals surface area contributed by atoms with Gasteiger partial charge in [-0.15, -0.1) is 0 Å². The number of nitrogens with zero attached hydrogens (tertiary/aromatic N) is 1. The van der Waals surface area contributed by atoms with Gasteiger partial charge >= 0.3 is 12.1 Å². The molecule has 2 rings (SSSR count). The van der Waals surface area contributed by atoms with Crippen molar-refractivity contribution in [3.05, 3.63) is 0 Å². The van der Waals surface area contributed by atoms with Gasteiger partial charge in [-0.05, 0) is 34.1 Å². The van der Waals surface area contributed by atoms with E-state index in [0.29, 0.717) is 13.0 Å². The first kappa shape index (κ1) is 14.6. The van der Waals surface area contributed by atoms with E-state index in [1.54, 1.807) is 4.90 Å². The van der Waals surface area contributed by atoms with E-state index in [4.69, 9.17) is 9.47 Å². The SMILES string of the molecule is CC1OC(=O)C2CC(Br)CN(C(=O)OC(C)(C)C)C12. The Morgan fingerprint density at radius 3 is 2.68 bits per heavy atom. The Kier molecular flexibility index (Phi) is 3.82. The van der Waals surface area contributed by atoms with Gasteiger partial charge in [-0.2, -0.15) is 0 Å². The first-order valence-corrected chi connectivity index (χ1v) is 7.45. The number of piperidine rings is 1. The zero-order valence-electron chi connectivity index (χ0n) is 11.7. The Labute approximate surface area is 121 Å². The third kappa shape index (κ3) is 3.04. The van der Waals surface area contributed by atoms with Gasteiger partial charge in [0.05, 0.1) is 12.0 Å². The Morgan fingerprint density at radius 2 is 2.11 bits per heavy atom. The Bertz CT molecular complexity index is 393. The summed E-state index contributed by atoms with van der Waals surface area (Å²) in [5, 5.41) is 0. The second-order valence-electron chi connectivity index (χ2n) is 6.20. The molecule has 4 atom stereocenters. The summed E-state index contributed by atoms with van der Waals surface area (Å²) in [4.78, 5) is 25.8. The van der Waals surface area contributed by atoms with Crippen molar-refractivity contribution in [2.45, 2.75) is 56.7 Å². The molecular weight excluding hydrogens is 314 g/mol. The minimum absolute atomic E-state index is 0.0964. The predicted molar refractivity (Wildman–Crippen MR) is 73.1 cm³/mol. The third-order valence-electron chi connectivity index (χ3n) is 3.39. The fraction of sp³-hybridized carbons (Fsp3) is 0.846. The zero-order valence-corrected chi connectivity index (χ0v) is 13.3. The Hall–Kier alpha value is -0.780. The number of hydrogen-bond acceptors (Lipinski definition) is 4.